The number of nitrogens with zero attached hydrogens (tertiary/aromatic N) is 4. The molecule has 8 nitrogen and oxygen atoms in total. The van der Waals surface area contributed by atoms with E-state index in [2.05, 4.69) is 43.1 Å². The van der Waals surface area contributed by atoms with E-state index in [-0.39, 0.29) is 10.9 Å². The van der Waals surface area contributed by atoms with Gasteiger partial charge >= 0.3 is 12.4 Å². The van der Waals surface area contributed by atoms with Gasteiger partial charge in [0.2, 0.25) is 0 Å². The van der Waals surface area contributed by atoms with Gasteiger partial charge in [-0.15, -0.1) is 30.9 Å². The minimum Gasteiger partial charge on any atom is -0.406 e. The number of aliphatic imine (C=N–C) groups is 1. The zero-order valence-corrected chi connectivity index (χ0v) is 20.5. The first-order valence-electron chi connectivity index (χ1n) is 10.9. The first kappa shape index (κ1) is 25.8. The van der Waals surface area contributed by atoms with Gasteiger partial charge in [0, 0.05) is 16.9 Å². The molecular weight excluding hydrogens is 505 g/mol. The number of anilines is 2. The number of benzene rings is 3. The number of halogens is 3. The Bertz CT molecular complexity index is 1430. The fourth-order valence-corrected chi connectivity index (χ4v) is 3.58. The number of carbonyl (C=O) groups excluding carboxylic acids is 1. The summed E-state index contributed by atoms with van der Waals surface area (Å²) in [6.45, 7) is 3.94. The summed E-state index contributed by atoms with van der Waals surface area (Å²) < 4.78 is 42.3. The number of amidine groups is 1. The van der Waals surface area contributed by atoms with Gasteiger partial charge in [0.15, 0.2) is 11.0 Å². The van der Waals surface area contributed by atoms with Crippen LogP contribution < -0.4 is 15.4 Å². The molecule has 0 fully saturated rings. The molecule has 2 N–H and O–H groups in total. The summed E-state index contributed by atoms with van der Waals surface area (Å²) in [5, 5.41) is 10.2. The van der Waals surface area contributed by atoms with Crippen LogP contribution in [0.4, 0.5) is 29.3 Å². The maximum absolute atomic E-state index is 12.3. The molecule has 4 aromatic rings. The summed E-state index contributed by atoms with van der Waals surface area (Å²) in [4.78, 5) is 20.4. The molecule has 0 aliphatic rings. The molecule has 37 heavy (non-hydrogen) atoms. The quantitative estimate of drug-likeness (QED) is 0.159. The highest BCUT2D eigenvalue weighted by molar-refractivity contribution is 7.97. The van der Waals surface area contributed by atoms with E-state index in [0.29, 0.717) is 22.8 Å². The predicted octanol–water partition coefficient (Wildman–Crippen LogP) is 6.38. The number of aryl methyl sites for hydroxylation is 2. The van der Waals surface area contributed by atoms with Crippen LogP contribution in [0.2, 0.25) is 0 Å². The fourth-order valence-electron chi connectivity index (χ4n) is 3.37. The number of rotatable bonds is 5. The number of ether oxygens (including phenoxy) is 1. The van der Waals surface area contributed by atoms with Crippen molar-refractivity contribution in [3.05, 3.63) is 84.2 Å². The fraction of sp³-hybridized carbons (Fsp3) is 0.120. The Labute approximate surface area is 215 Å². The molecule has 0 saturated carbocycles. The molecule has 0 unspecified atom stereocenters. The standard InChI is InChI=1S/C25H21F3N6O2S/c1-15-3-12-21(16(2)13-15)31-24(37)32-23(35)30-18-6-4-17(5-7-18)22-29-14-34(33-22)19-8-10-20(11-9-19)36-25(26,27)28/h3-14H,1-2H3,(H3,30,31,32,35,37). The van der Waals surface area contributed by atoms with Gasteiger partial charge in [-0.25, -0.2) is 14.5 Å². The van der Waals surface area contributed by atoms with Crippen molar-refractivity contribution in [3.63, 3.8) is 0 Å². The molecular formula is C25H21F3N6O2S. The average molecular weight is 527 g/mol. The molecule has 1 aromatic heterocycles. The lowest BCUT2D eigenvalue weighted by atomic mass is 10.1. The zero-order chi connectivity index (χ0) is 26.6. The number of hydrogen-bond donors (Lipinski definition) is 3. The molecule has 1 heterocycles. The van der Waals surface area contributed by atoms with E-state index in [1.54, 1.807) is 24.3 Å². The third kappa shape index (κ3) is 7.10. The van der Waals surface area contributed by atoms with Crippen LogP contribution in [0.3, 0.4) is 0 Å². The molecule has 0 aliphatic heterocycles. The lowest BCUT2D eigenvalue weighted by molar-refractivity contribution is -0.274. The third-order valence-electron chi connectivity index (χ3n) is 5.06. The first-order chi connectivity index (χ1) is 17.6. The molecule has 190 valence electrons. The molecule has 2 amide bonds. The number of aromatic nitrogens is 3. The van der Waals surface area contributed by atoms with E-state index >= 15 is 0 Å². The van der Waals surface area contributed by atoms with Crippen LogP contribution in [0.25, 0.3) is 17.1 Å². The topological polar surface area (TPSA) is 93.4 Å². The van der Waals surface area contributed by atoms with Crippen molar-refractivity contribution in [2.45, 2.75) is 20.2 Å². The SMILES string of the molecule is Cc1ccc(N/C(S)=N/C(=O)Nc2ccc(-c3ncn(-c4ccc(OC(F)(F)F)cc4)n3)cc2)c(C)c1. The number of thiol groups is 1. The second-order valence-corrected chi connectivity index (χ2v) is 8.36. The van der Waals surface area contributed by atoms with Crippen LogP contribution in [-0.4, -0.2) is 32.3 Å². The van der Waals surface area contributed by atoms with Crippen molar-refractivity contribution in [1.29, 1.82) is 0 Å². The lowest BCUT2D eigenvalue weighted by Gasteiger charge is -2.09. The van der Waals surface area contributed by atoms with E-state index in [1.165, 1.54) is 35.3 Å². The van der Waals surface area contributed by atoms with Crippen LogP contribution in [0.5, 0.6) is 5.75 Å². The van der Waals surface area contributed by atoms with Crippen molar-refractivity contribution in [3.8, 4) is 22.8 Å². The molecule has 0 atom stereocenters. The lowest BCUT2D eigenvalue weighted by Crippen LogP contribution is -2.17. The number of nitrogens with one attached hydrogen (secondary N) is 2. The summed E-state index contributed by atoms with van der Waals surface area (Å²) in [6, 6.07) is 17.3. The Kier molecular flexibility index (Phi) is 7.48. The third-order valence-corrected chi connectivity index (χ3v) is 5.27. The Morgan fingerprint density at radius 1 is 1.00 bits per heavy atom. The summed E-state index contributed by atoms with van der Waals surface area (Å²) >= 11 is 4.24. The van der Waals surface area contributed by atoms with Crippen molar-refractivity contribution in [2.24, 2.45) is 4.99 Å². The Hall–Kier alpha value is -4.32. The minimum absolute atomic E-state index is 0.147. The summed E-state index contributed by atoms with van der Waals surface area (Å²) in [5.74, 6) is 0.0615. The Morgan fingerprint density at radius 2 is 1.70 bits per heavy atom. The Morgan fingerprint density at radius 3 is 2.35 bits per heavy atom. The summed E-state index contributed by atoms with van der Waals surface area (Å²) in [5.41, 5.74) is 4.60. The van der Waals surface area contributed by atoms with Crippen molar-refractivity contribution >= 4 is 35.2 Å². The smallest absolute Gasteiger partial charge is 0.406 e. The highest BCUT2D eigenvalue weighted by Crippen LogP contribution is 2.24. The molecule has 4 rings (SSSR count). The zero-order valence-electron chi connectivity index (χ0n) is 19.6. The van der Waals surface area contributed by atoms with Crippen LogP contribution in [0.15, 0.2) is 78.0 Å². The number of amides is 2. The predicted molar refractivity (Wildman–Crippen MR) is 138 cm³/mol. The van der Waals surface area contributed by atoms with Crippen molar-refractivity contribution in [2.75, 3.05) is 10.6 Å². The van der Waals surface area contributed by atoms with Gasteiger partial charge < -0.3 is 15.4 Å². The van der Waals surface area contributed by atoms with Gasteiger partial charge in [-0.2, -0.15) is 4.99 Å². The van der Waals surface area contributed by atoms with E-state index in [1.807, 2.05) is 32.0 Å². The van der Waals surface area contributed by atoms with Gasteiger partial charge in [-0.3, -0.25) is 0 Å². The largest absolute Gasteiger partial charge is 0.573 e. The van der Waals surface area contributed by atoms with E-state index in [0.717, 1.165) is 16.8 Å². The normalized spacial score (nSPS) is 11.8. The minimum atomic E-state index is -4.76. The average Bonchev–Trinajstić information content (AvgIpc) is 3.31. The van der Waals surface area contributed by atoms with Gasteiger partial charge in [-0.1, -0.05) is 17.7 Å². The number of carbonyl (C=O) groups is 1. The maximum Gasteiger partial charge on any atom is 0.573 e. The first-order valence-corrected chi connectivity index (χ1v) is 11.3. The molecule has 0 radical (unpaired) electrons. The van der Waals surface area contributed by atoms with Gasteiger partial charge in [0.1, 0.15) is 12.1 Å². The second kappa shape index (κ2) is 10.7. The molecule has 3 aromatic carbocycles. The van der Waals surface area contributed by atoms with Crippen LogP contribution in [-0.2, 0) is 0 Å². The molecule has 12 heteroatoms. The Balaban J connectivity index is 1.37. The van der Waals surface area contributed by atoms with E-state index < -0.39 is 12.4 Å². The second-order valence-electron chi connectivity index (χ2n) is 7.94. The van der Waals surface area contributed by atoms with Crippen molar-refractivity contribution < 1.29 is 22.7 Å². The van der Waals surface area contributed by atoms with Crippen LogP contribution in [0, 0.1) is 13.8 Å². The summed E-state index contributed by atoms with van der Waals surface area (Å²) in [7, 11) is 0. The van der Waals surface area contributed by atoms with E-state index in [4.69, 9.17) is 0 Å². The molecule has 0 saturated heterocycles. The van der Waals surface area contributed by atoms with Gasteiger partial charge in [0.25, 0.3) is 0 Å². The number of hydrogen-bond acceptors (Lipinski definition) is 4. The summed E-state index contributed by atoms with van der Waals surface area (Å²) in [6.07, 6.45) is -3.32. The van der Waals surface area contributed by atoms with Crippen LogP contribution >= 0.6 is 12.6 Å². The highest BCUT2D eigenvalue weighted by atomic mass is 32.1. The number of alkyl halides is 3. The highest BCUT2D eigenvalue weighted by Gasteiger charge is 2.31. The molecule has 0 aliphatic carbocycles. The molecule has 0 spiro atoms. The van der Waals surface area contributed by atoms with Gasteiger partial charge in [-0.05, 0) is 74.0 Å². The van der Waals surface area contributed by atoms with Gasteiger partial charge in [0.05, 0.1) is 5.69 Å². The van der Waals surface area contributed by atoms with Crippen molar-refractivity contribution in [1.82, 2.24) is 14.8 Å². The van der Waals surface area contributed by atoms with E-state index in [9.17, 15) is 18.0 Å². The molecule has 0 bridgehead atoms. The van der Waals surface area contributed by atoms with Crippen LogP contribution in [0.1, 0.15) is 11.1 Å². The number of urea groups is 1. The maximum atomic E-state index is 12.3. The monoisotopic (exact) mass is 526 g/mol.